The van der Waals surface area contributed by atoms with Gasteiger partial charge < -0.3 is 13.6 Å². The van der Waals surface area contributed by atoms with Crippen LogP contribution in [0.2, 0.25) is 0 Å². The predicted octanol–water partition coefficient (Wildman–Crippen LogP) is 6.79. The van der Waals surface area contributed by atoms with Crippen molar-refractivity contribution in [3.05, 3.63) is 0 Å². The van der Waals surface area contributed by atoms with Gasteiger partial charge in [-0.15, -0.1) is 0 Å². The van der Waals surface area contributed by atoms with Crippen molar-refractivity contribution in [3.63, 3.8) is 0 Å². The molecule has 5 nitrogen and oxygen atoms in total. The Hall–Kier alpha value is -0.490. The number of rotatable bonds is 20. The fourth-order valence-corrected chi connectivity index (χ4v) is 4.51. The third-order valence-electron chi connectivity index (χ3n) is 4.17. The fraction of sp³-hybridized carbons (Fsp3) is 0.900. The maximum Gasteiger partial charge on any atom is 0.327 e. The summed E-state index contributed by atoms with van der Waals surface area (Å²) in [5.74, 6) is 0. The highest BCUT2D eigenvalue weighted by atomic mass is 32.5. The number of hydrogen-bond acceptors (Lipinski definition) is 6. The van der Waals surface area contributed by atoms with Crippen LogP contribution in [-0.2, 0) is 25.4 Å². The Morgan fingerprint density at radius 3 is 1.41 bits per heavy atom. The maximum atomic E-state index is 8.60. The zero-order valence-corrected chi connectivity index (χ0v) is 18.7. The summed E-state index contributed by atoms with van der Waals surface area (Å²) >= 11 is 5.34. The quantitative estimate of drug-likeness (QED) is 0.161. The molecule has 0 fully saturated rings. The number of nitriles is 2. The van der Waals surface area contributed by atoms with Gasteiger partial charge >= 0.3 is 6.72 Å². The minimum atomic E-state index is -2.83. The molecule has 0 heterocycles. The lowest BCUT2D eigenvalue weighted by Gasteiger charge is -2.21. The SMILES string of the molecule is CCCCCCCCCCCCCCOP(=S)(OCCC#N)OCCC#N. The molecule has 7 heteroatoms. The minimum absolute atomic E-state index is 0.207. The first kappa shape index (κ1) is 26.5. The third kappa shape index (κ3) is 18.6. The van der Waals surface area contributed by atoms with Crippen LogP contribution in [0, 0.1) is 22.7 Å². The summed E-state index contributed by atoms with van der Waals surface area (Å²) in [6.45, 7) is 0.347. The van der Waals surface area contributed by atoms with E-state index in [2.05, 4.69) is 6.92 Å². The molecule has 0 aromatic heterocycles. The zero-order chi connectivity index (χ0) is 20.1. The number of unbranched alkanes of at least 4 members (excludes halogenated alkanes) is 11. The van der Waals surface area contributed by atoms with Crippen molar-refractivity contribution < 1.29 is 13.6 Å². The van der Waals surface area contributed by atoms with Crippen molar-refractivity contribution in [3.8, 4) is 12.1 Å². The van der Waals surface area contributed by atoms with E-state index < -0.39 is 6.72 Å². The van der Waals surface area contributed by atoms with Crippen LogP contribution in [0.15, 0.2) is 0 Å². The summed E-state index contributed by atoms with van der Waals surface area (Å²) in [6, 6.07) is 4.02. The second-order valence-electron chi connectivity index (χ2n) is 6.65. The second kappa shape index (κ2) is 20.2. The molecule has 156 valence electrons. The lowest BCUT2D eigenvalue weighted by molar-refractivity contribution is 0.158. The van der Waals surface area contributed by atoms with Crippen LogP contribution in [0.4, 0.5) is 0 Å². The maximum absolute atomic E-state index is 8.60. The molecule has 0 atom stereocenters. The van der Waals surface area contributed by atoms with Crippen molar-refractivity contribution >= 4 is 18.5 Å². The van der Waals surface area contributed by atoms with Gasteiger partial charge in [0.15, 0.2) is 0 Å². The number of nitrogens with zero attached hydrogens (tertiary/aromatic N) is 2. The molecular weight excluding hydrogens is 379 g/mol. The summed E-state index contributed by atoms with van der Waals surface area (Å²) in [5.41, 5.74) is 0. The van der Waals surface area contributed by atoms with Gasteiger partial charge in [0.2, 0.25) is 0 Å². The van der Waals surface area contributed by atoms with E-state index in [-0.39, 0.29) is 26.1 Å². The van der Waals surface area contributed by atoms with Crippen molar-refractivity contribution in [2.24, 2.45) is 0 Å². The summed E-state index contributed by atoms with van der Waals surface area (Å²) in [5, 5.41) is 17.2. The zero-order valence-electron chi connectivity index (χ0n) is 17.0. The highest BCUT2D eigenvalue weighted by Crippen LogP contribution is 2.50. The standard InChI is InChI=1S/C20H37N2O3PS/c1-2-3-4-5-6-7-8-9-10-11-12-13-18-23-26(27,24-19-14-16-21)25-20-15-17-22/h2-15,18-20H2,1H3. The van der Waals surface area contributed by atoms with Crippen molar-refractivity contribution in [1.82, 2.24) is 0 Å². The molecule has 0 bridgehead atoms. The van der Waals surface area contributed by atoms with Crippen LogP contribution in [-0.4, -0.2) is 19.8 Å². The average Bonchev–Trinajstić information content (AvgIpc) is 2.66. The molecule has 0 aliphatic carbocycles. The van der Waals surface area contributed by atoms with E-state index in [0.717, 1.165) is 12.8 Å². The number of hydrogen-bond donors (Lipinski definition) is 0. The Kier molecular flexibility index (Phi) is 19.9. The third-order valence-corrected chi connectivity index (χ3v) is 6.62. The Bertz CT molecular complexity index is 439. The van der Waals surface area contributed by atoms with E-state index in [1.54, 1.807) is 0 Å². The highest BCUT2D eigenvalue weighted by molar-refractivity contribution is 8.07. The van der Waals surface area contributed by atoms with Gasteiger partial charge in [0, 0.05) is 0 Å². The van der Waals surface area contributed by atoms with Gasteiger partial charge in [-0.05, 0) is 18.2 Å². The molecule has 0 amide bonds. The first-order chi connectivity index (χ1) is 13.2. The molecule has 0 rings (SSSR count). The lowest BCUT2D eigenvalue weighted by atomic mass is 10.1. The molecule has 0 radical (unpaired) electrons. The van der Waals surface area contributed by atoms with Crippen LogP contribution in [0.3, 0.4) is 0 Å². The first-order valence-electron chi connectivity index (χ1n) is 10.5. The molecule has 0 spiro atoms. The van der Waals surface area contributed by atoms with Crippen molar-refractivity contribution in [1.29, 1.82) is 10.5 Å². The van der Waals surface area contributed by atoms with Gasteiger partial charge in [0.05, 0.1) is 44.8 Å². The Labute approximate surface area is 171 Å². The molecule has 0 aliphatic rings. The van der Waals surface area contributed by atoms with E-state index in [1.165, 1.54) is 64.2 Å². The fourth-order valence-electron chi connectivity index (χ4n) is 2.64. The van der Waals surface area contributed by atoms with Crippen molar-refractivity contribution in [2.75, 3.05) is 19.8 Å². The van der Waals surface area contributed by atoms with E-state index in [0.29, 0.717) is 6.61 Å². The molecule has 0 saturated carbocycles. The molecule has 0 unspecified atom stereocenters. The summed E-state index contributed by atoms with van der Waals surface area (Å²) in [6.07, 6.45) is 15.9. The summed E-state index contributed by atoms with van der Waals surface area (Å²) < 4.78 is 16.6. The van der Waals surface area contributed by atoms with Gasteiger partial charge in [-0.2, -0.15) is 10.5 Å². The minimum Gasteiger partial charge on any atom is -0.309 e. The highest BCUT2D eigenvalue weighted by Gasteiger charge is 2.20. The molecule has 0 aliphatic heterocycles. The average molecular weight is 417 g/mol. The van der Waals surface area contributed by atoms with Gasteiger partial charge in [0.1, 0.15) is 0 Å². The Morgan fingerprint density at radius 1 is 0.630 bits per heavy atom. The van der Waals surface area contributed by atoms with Crippen LogP contribution in [0.5, 0.6) is 0 Å². The molecular formula is C20H37N2O3PS. The molecule has 0 aromatic carbocycles. The largest absolute Gasteiger partial charge is 0.327 e. The topological polar surface area (TPSA) is 75.3 Å². The second-order valence-corrected chi connectivity index (χ2v) is 9.66. The van der Waals surface area contributed by atoms with E-state index in [1.807, 2.05) is 12.1 Å². The Balaban J connectivity index is 3.65. The van der Waals surface area contributed by atoms with E-state index >= 15 is 0 Å². The van der Waals surface area contributed by atoms with Crippen molar-refractivity contribution in [2.45, 2.75) is 96.8 Å². The molecule has 0 saturated heterocycles. The summed E-state index contributed by atoms with van der Waals surface area (Å²) in [4.78, 5) is 0. The van der Waals surface area contributed by atoms with Gasteiger partial charge in [-0.3, -0.25) is 0 Å². The van der Waals surface area contributed by atoms with Gasteiger partial charge in [0.25, 0.3) is 0 Å². The molecule has 0 aromatic rings. The smallest absolute Gasteiger partial charge is 0.309 e. The Morgan fingerprint density at radius 2 is 1.00 bits per heavy atom. The monoisotopic (exact) mass is 416 g/mol. The van der Waals surface area contributed by atoms with Gasteiger partial charge in [-0.1, -0.05) is 77.6 Å². The lowest BCUT2D eigenvalue weighted by Crippen LogP contribution is -2.03. The van der Waals surface area contributed by atoms with Crippen LogP contribution < -0.4 is 0 Å². The first-order valence-corrected chi connectivity index (χ1v) is 13.0. The van der Waals surface area contributed by atoms with Crippen LogP contribution in [0.1, 0.15) is 96.8 Å². The van der Waals surface area contributed by atoms with Gasteiger partial charge in [-0.25, -0.2) is 0 Å². The van der Waals surface area contributed by atoms with Crippen LogP contribution in [0.25, 0.3) is 0 Å². The predicted molar refractivity (Wildman–Crippen MR) is 114 cm³/mol. The summed E-state index contributed by atoms with van der Waals surface area (Å²) in [7, 11) is 0. The normalized spacial score (nSPS) is 11.2. The van der Waals surface area contributed by atoms with E-state index in [4.69, 9.17) is 35.9 Å². The van der Waals surface area contributed by atoms with E-state index in [9.17, 15) is 0 Å². The molecule has 27 heavy (non-hydrogen) atoms. The molecule has 0 N–H and O–H groups in total. The van der Waals surface area contributed by atoms with Crippen LogP contribution >= 0.6 is 6.72 Å².